The number of ether oxygens (including phenoxy) is 1. The van der Waals surface area contributed by atoms with Gasteiger partial charge >= 0.3 is 5.97 Å². The highest BCUT2D eigenvalue weighted by Gasteiger charge is 2.09. The number of rotatable bonds is 4. The summed E-state index contributed by atoms with van der Waals surface area (Å²) >= 11 is 3.17. The number of halogens is 1. The van der Waals surface area contributed by atoms with E-state index in [-0.39, 0.29) is 12.2 Å². The third kappa shape index (κ3) is 3.33. The van der Waals surface area contributed by atoms with Crippen LogP contribution in [0, 0.1) is 11.3 Å². The molecule has 100 valence electrons. The van der Waals surface area contributed by atoms with Crippen LogP contribution in [0.1, 0.15) is 21.6 Å². The molecule has 0 amide bonds. The first-order valence-corrected chi connectivity index (χ1v) is 6.40. The summed E-state index contributed by atoms with van der Waals surface area (Å²) in [5.41, 5.74) is 1.24. The molecule has 0 spiro atoms. The molecule has 0 radical (unpaired) electrons. The van der Waals surface area contributed by atoms with Gasteiger partial charge in [-0.15, -0.1) is 0 Å². The lowest BCUT2D eigenvalue weighted by Crippen LogP contribution is -2.01. The van der Waals surface area contributed by atoms with Crippen LogP contribution in [0.4, 0.5) is 0 Å². The Labute approximate surface area is 123 Å². The molecule has 0 aliphatic rings. The van der Waals surface area contributed by atoms with Crippen LogP contribution in [-0.4, -0.2) is 16.1 Å². The third-order valence-electron chi connectivity index (χ3n) is 2.51. The summed E-state index contributed by atoms with van der Waals surface area (Å²) in [6.07, 6.45) is 1.53. The summed E-state index contributed by atoms with van der Waals surface area (Å²) in [6.45, 7) is 0.234. The van der Waals surface area contributed by atoms with E-state index in [9.17, 15) is 4.79 Å². The molecule has 20 heavy (non-hydrogen) atoms. The van der Waals surface area contributed by atoms with E-state index < -0.39 is 5.97 Å². The van der Waals surface area contributed by atoms with Crippen molar-refractivity contribution in [1.82, 2.24) is 4.98 Å². The maximum atomic E-state index is 11.0. The second kappa shape index (κ2) is 6.17. The van der Waals surface area contributed by atoms with Crippen LogP contribution < -0.4 is 4.74 Å². The molecule has 1 heterocycles. The Bertz CT molecular complexity index is 695. The van der Waals surface area contributed by atoms with E-state index in [2.05, 4.69) is 20.9 Å². The van der Waals surface area contributed by atoms with Gasteiger partial charge in [0.2, 0.25) is 0 Å². The second-order valence-electron chi connectivity index (χ2n) is 3.90. The number of hydrogen-bond acceptors (Lipinski definition) is 4. The highest BCUT2D eigenvalue weighted by atomic mass is 79.9. The van der Waals surface area contributed by atoms with Crippen molar-refractivity contribution >= 4 is 21.9 Å². The topological polar surface area (TPSA) is 83.2 Å². The molecule has 0 fully saturated rings. The number of aromatic nitrogens is 1. The number of carboxylic acids is 1. The van der Waals surface area contributed by atoms with Crippen molar-refractivity contribution in [2.75, 3.05) is 0 Å². The Kier molecular flexibility index (Phi) is 4.33. The molecule has 6 heteroatoms. The fourth-order valence-corrected chi connectivity index (χ4v) is 1.97. The quantitative estimate of drug-likeness (QED) is 0.930. The highest BCUT2D eigenvalue weighted by molar-refractivity contribution is 9.10. The van der Waals surface area contributed by atoms with Gasteiger partial charge in [-0.2, -0.15) is 5.26 Å². The van der Waals surface area contributed by atoms with Gasteiger partial charge in [-0.3, -0.25) is 0 Å². The summed E-state index contributed by atoms with van der Waals surface area (Å²) in [7, 11) is 0. The van der Waals surface area contributed by atoms with Gasteiger partial charge in [0, 0.05) is 10.7 Å². The van der Waals surface area contributed by atoms with E-state index in [1.54, 1.807) is 24.3 Å². The van der Waals surface area contributed by atoms with Crippen LogP contribution in [0.3, 0.4) is 0 Å². The first-order valence-electron chi connectivity index (χ1n) is 5.61. The maximum absolute atomic E-state index is 11.0. The van der Waals surface area contributed by atoms with Crippen LogP contribution in [0.5, 0.6) is 5.75 Å². The van der Waals surface area contributed by atoms with Crippen LogP contribution in [-0.2, 0) is 6.61 Å². The van der Waals surface area contributed by atoms with Crippen molar-refractivity contribution in [3.8, 4) is 11.8 Å². The lowest BCUT2D eigenvalue weighted by Gasteiger charge is -2.08. The van der Waals surface area contributed by atoms with Crippen LogP contribution in [0.2, 0.25) is 0 Å². The van der Waals surface area contributed by atoms with Gasteiger partial charge in [0.1, 0.15) is 24.1 Å². The van der Waals surface area contributed by atoms with Crippen molar-refractivity contribution in [3.05, 3.63) is 57.8 Å². The minimum absolute atomic E-state index is 0.134. The Morgan fingerprint density at radius 2 is 2.20 bits per heavy atom. The normalized spacial score (nSPS) is 9.80. The Balaban J connectivity index is 2.13. The van der Waals surface area contributed by atoms with E-state index in [0.29, 0.717) is 15.9 Å². The molecule has 0 saturated heterocycles. The molecule has 0 bridgehead atoms. The molecule has 2 rings (SSSR count). The molecule has 0 atom stereocenters. The average molecular weight is 333 g/mol. The monoisotopic (exact) mass is 332 g/mol. The SMILES string of the molecule is N#Cc1cc(COc2ccc(Br)c(C(=O)O)c2)ccn1. The maximum Gasteiger partial charge on any atom is 0.336 e. The number of carbonyl (C=O) groups is 1. The van der Waals surface area contributed by atoms with Gasteiger partial charge in [0.05, 0.1) is 5.56 Å². The lowest BCUT2D eigenvalue weighted by molar-refractivity contribution is 0.0695. The number of nitrogens with zero attached hydrogens (tertiary/aromatic N) is 2. The van der Waals surface area contributed by atoms with E-state index in [1.165, 1.54) is 12.3 Å². The first kappa shape index (κ1) is 14.0. The van der Waals surface area contributed by atoms with Gasteiger partial charge in [-0.05, 0) is 51.8 Å². The zero-order valence-corrected chi connectivity index (χ0v) is 11.8. The van der Waals surface area contributed by atoms with Gasteiger partial charge in [-0.25, -0.2) is 9.78 Å². The standard InChI is InChI=1S/C14H9BrN2O3/c15-13-2-1-11(6-12(13)14(18)19)20-8-9-3-4-17-10(5-9)7-16/h1-6H,8H2,(H,18,19). The summed E-state index contributed by atoms with van der Waals surface area (Å²) in [5.74, 6) is -0.584. The summed E-state index contributed by atoms with van der Waals surface area (Å²) in [5, 5.41) is 17.8. The van der Waals surface area contributed by atoms with E-state index in [4.69, 9.17) is 15.1 Å². The fourth-order valence-electron chi connectivity index (χ4n) is 1.55. The number of aromatic carboxylic acids is 1. The van der Waals surface area contributed by atoms with Crippen LogP contribution in [0.25, 0.3) is 0 Å². The fraction of sp³-hybridized carbons (Fsp3) is 0.0714. The molecule has 5 nitrogen and oxygen atoms in total. The Morgan fingerprint density at radius 3 is 2.90 bits per heavy atom. The van der Waals surface area contributed by atoms with Crippen molar-refractivity contribution in [2.24, 2.45) is 0 Å². The first-order chi connectivity index (χ1) is 9.60. The number of benzene rings is 1. The highest BCUT2D eigenvalue weighted by Crippen LogP contribution is 2.23. The van der Waals surface area contributed by atoms with Gasteiger partial charge in [0.15, 0.2) is 0 Å². The molecule has 0 saturated carbocycles. The van der Waals surface area contributed by atoms with Crippen molar-refractivity contribution in [3.63, 3.8) is 0 Å². The van der Waals surface area contributed by atoms with Crippen molar-refractivity contribution < 1.29 is 14.6 Å². The van der Waals surface area contributed by atoms with E-state index in [1.807, 2.05) is 6.07 Å². The lowest BCUT2D eigenvalue weighted by atomic mass is 10.2. The molecular weight excluding hydrogens is 324 g/mol. The number of nitriles is 1. The zero-order valence-electron chi connectivity index (χ0n) is 10.2. The third-order valence-corrected chi connectivity index (χ3v) is 3.20. The Hall–Kier alpha value is -2.39. The summed E-state index contributed by atoms with van der Waals surface area (Å²) < 4.78 is 6.01. The summed E-state index contributed by atoms with van der Waals surface area (Å²) in [6, 6.07) is 10.0. The van der Waals surface area contributed by atoms with Gasteiger partial charge < -0.3 is 9.84 Å². The van der Waals surface area contributed by atoms with Crippen LogP contribution in [0.15, 0.2) is 41.0 Å². The zero-order chi connectivity index (χ0) is 14.5. The largest absolute Gasteiger partial charge is 0.489 e. The van der Waals surface area contributed by atoms with Crippen LogP contribution >= 0.6 is 15.9 Å². The molecule has 1 N–H and O–H groups in total. The second-order valence-corrected chi connectivity index (χ2v) is 4.75. The number of hydrogen-bond donors (Lipinski definition) is 1. The van der Waals surface area contributed by atoms with Gasteiger partial charge in [-0.1, -0.05) is 0 Å². The average Bonchev–Trinajstić information content (AvgIpc) is 2.46. The number of pyridine rings is 1. The van der Waals surface area contributed by atoms with Crippen molar-refractivity contribution in [1.29, 1.82) is 5.26 Å². The smallest absolute Gasteiger partial charge is 0.336 e. The molecule has 2 aromatic rings. The van der Waals surface area contributed by atoms with E-state index >= 15 is 0 Å². The predicted molar refractivity (Wildman–Crippen MR) is 74.4 cm³/mol. The summed E-state index contributed by atoms with van der Waals surface area (Å²) in [4.78, 5) is 14.9. The molecule has 0 aliphatic heterocycles. The minimum atomic E-state index is -1.03. The predicted octanol–water partition coefficient (Wildman–Crippen LogP) is 2.99. The van der Waals surface area contributed by atoms with Gasteiger partial charge in [0.25, 0.3) is 0 Å². The molecule has 1 aromatic heterocycles. The molecule has 1 aromatic carbocycles. The molecular formula is C14H9BrN2O3. The number of carboxylic acid groups (broad SMARTS) is 1. The van der Waals surface area contributed by atoms with Crippen molar-refractivity contribution in [2.45, 2.75) is 6.61 Å². The van der Waals surface area contributed by atoms with E-state index in [0.717, 1.165) is 5.56 Å². The Morgan fingerprint density at radius 1 is 1.40 bits per heavy atom. The minimum Gasteiger partial charge on any atom is -0.489 e. The molecule has 0 aliphatic carbocycles. The molecule has 0 unspecified atom stereocenters.